The summed E-state index contributed by atoms with van der Waals surface area (Å²) in [6.45, 7) is 3.24. The number of nitro groups is 1. The maximum Gasteiger partial charge on any atom is 0.293 e. The van der Waals surface area contributed by atoms with Crippen LogP contribution in [0.25, 0.3) is 0 Å². The first-order valence-corrected chi connectivity index (χ1v) is 8.06. The van der Waals surface area contributed by atoms with Gasteiger partial charge in [-0.05, 0) is 55.7 Å². The zero-order valence-electron chi connectivity index (χ0n) is 13.8. The lowest BCUT2D eigenvalue weighted by atomic mass is 10.1. The van der Waals surface area contributed by atoms with E-state index in [1.165, 1.54) is 24.3 Å². The number of carbonyl (C=O) groups excluding carboxylic acids is 1. The van der Waals surface area contributed by atoms with E-state index in [1.54, 1.807) is 19.1 Å². The van der Waals surface area contributed by atoms with Crippen molar-refractivity contribution in [2.75, 3.05) is 23.3 Å². The number of hydrogen-bond acceptors (Lipinski definition) is 4. The number of carbonyl (C=O) groups is 1. The summed E-state index contributed by atoms with van der Waals surface area (Å²) in [7, 11) is 0. The summed E-state index contributed by atoms with van der Waals surface area (Å²) < 4.78 is 13.1. The quantitative estimate of drug-likeness (QED) is 0.675. The summed E-state index contributed by atoms with van der Waals surface area (Å²) in [4.78, 5) is 25.3. The molecule has 2 aromatic carbocycles. The average Bonchev–Trinajstić information content (AvgIpc) is 3.11. The van der Waals surface area contributed by atoms with Crippen molar-refractivity contribution in [3.05, 3.63) is 63.5 Å². The summed E-state index contributed by atoms with van der Waals surface area (Å²) >= 11 is 0. The average molecular weight is 343 g/mol. The van der Waals surface area contributed by atoms with Gasteiger partial charge in [-0.1, -0.05) is 0 Å². The second-order valence-corrected chi connectivity index (χ2v) is 6.07. The summed E-state index contributed by atoms with van der Waals surface area (Å²) in [5, 5.41) is 14.1. The molecule has 2 aromatic rings. The predicted octanol–water partition coefficient (Wildman–Crippen LogP) is 3.89. The standard InChI is InChI=1S/C18H18FN3O3/c1-12-10-14(19)5-6-15(12)20-18(23)13-4-7-16(17(11-13)22(24)25)21-8-2-3-9-21/h4-7,10-11H,2-3,8-9H2,1H3,(H,20,23). The van der Waals surface area contributed by atoms with E-state index in [4.69, 9.17) is 0 Å². The Hall–Kier alpha value is -2.96. The van der Waals surface area contributed by atoms with Gasteiger partial charge in [0.2, 0.25) is 0 Å². The van der Waals surface area contributed by atoms with Crippen molar-refractivity contribution in [2.24, 2.45) is 0 Å². The van der Waals surface area contributed by atoms with E-state index in [2.05, 4.69) is 5.32 Å². The van der Waals surface area contributed by atoms with Crippen LogP contribution in [0.15, 0.2) is 36.4 Å². The van der Waals surface area contributed by atoms with Crippen LogP contribution in [-0.2, 0) is 0 Å². The van der Waals surface area contributed by atoms with Crippen molar-refractivity contribution >= 4 is 23.0 Å². The predicted molar refractivity (Wildman–Crippen MR) is 93.6 cm³/mol. The molecule has 0 saturated carbocycles. The Labute approximate surface area is 144 Å². The van der Waals surface area contributed by atoms with Crippen LogP contribution in [0.5, 0.6) is 0 Å². The number of aryl methyl sites for hydroxylation is 1. The molecule has 1 N–H and O–H groups in total. The highest BCUT2D eigenvalue weighted by Crippen LogP contribution is 2.32. The minimum absolute atomic E-state index is 0.0784. The first-order valence-electron chi connectivity index (χ1n) is 8.06. The Balaban J connectivity index is 1.87. The van der Waals surface area contributed by atoms with Crippen molar-refractivity contribution in [1.29, 1.82) is 0 Å². The Morgan fingerprint density at radius 2 is 1.92 bits per heavy atom. The minimum atomic E-state index is -0.467. The molecule has 1 saturated heterocycles. The van der Waals surface area contributed by atoms with Crippen molar-refractivity contribution in [1.82, 2.24) is 0 Å². The zero-order valence-corrected chi connectivity index (χ0v) is 13.8. The van der Waals surface area contributed by atoms with Gasteiger partial charge in [0.15, 0.2) is 0 Å². The van der Waals surface area contributed by atoms with E-state index in [0.717, 1.165) is 25.9 Å². The SMILES string of the molecule is Cc1cc(F)ccc1NC(=O)c1ccc(N2CCCC2)c([N+](=O)[O-])c1. The zero-order chi connectivity index (χ0) is 18.0. The Morgan fingerprint density at radius 3 is 2.56 bits per heavy atom. The molecular formula is C18H18FN3O3. The number of nitro benzene ring substituents is 1. The molecule has 1 heterocycles. The largest absolute Gasteiger partial charge is 0.366 e. The first kappa shape index (κ1) is 16.9. The topological polar surface area (TPSA) is 75.5 Å². The number of nitrogens with zero attached hydrogens (tertiary/aromatic N) is 2. The molecule has 0 aromatic heterocycles. The molecule has 3 rings (SSSR count). The summed E-state index contributed by atoms with van der Waals surface area (Å²) in [5.41, 5.74) is 1.70. The molecule has 1 aliphatic rings. The third-order valence-corrected chi connectivity index (χ3v) is 4.32. The van der Waals surface area contributed by atoms with Crippen LogP contribution in [0.4, 0.5) is 21.5 Å². The van der Waals surface area contributed by atoms with E-state index >= 15 is 0 Å². The van der Waals surface area contributed by atoms with Gasteiger partial charge >= 0.3 is 0 Å². The Bertz CT molecular complexity index is 832. The fraction of sp³-hybridized carbons (Fsp3) is 0.278. The van der Waals surface area contributed by atoms with E-state index in [9.17, 15) is 19.3 Å². The van der Waals surface area contributed by atoms with Crippen LogP contribution in [-0.4, -0.2) is 23.9 Å². The van der Waals surface area contributed by atoms with E-state index < -0.39 is 10.8 Å². The maximum absolute atomic E-state index is 13.1. The van der Waals surface area contributed by atoms with Crippen molar-refractivity contribution in [3.8, 4) is 0 Å². The van der Waals surface area contributed by atoms with Gasteiger partial charge in [0.1, 0.15) is 11.5 Å². The highest BCUT2D eigenvalue weighted by Gasteiger charge is 2.24. The van der Waals surface area contributed by atoms with Gasteiger partial charge in [-0.25, -0.2) is 4.39 Å². The molecule has 0 spiro atoms. The van der Waals surface area contributed by atoms with E-state index in [-0.39, 0.29) is 17.1 Å². The number of amides is 1. The Morgan fingerprint density at radius 1 is 1.20 bits per heavy atom. The van der Waals surface area contributed by atoms with Crippen LogP contribution < -0.4 is 10.2 Å². The molecule has 0 radical (unpaired) electrons. The molecule has 0 unspecified atom stereocenters. The van der Waals surface area contributed by atoms with Gasteiger partial charge in [-0.3, -0.25) is 14.9 Å². The van der Waals surface area contributed by atoms with Crippen molar-refractivity contribution in [3.63, 3.8) is 0 Å². The highest BCUT2D eigenvalue weighted by atomic mass is 19.1. The summed E-state index contributed by atoms with van der Waals surface area (Å²) in [6, 6.07) is 8.53. The number of nitrogens with one attached hydrogen (secondary N) is 1. The lowest BCUT2D eigenvalue weighted by Crippen LogP contribution is -2.20. The smallest absolute Gasteiger partial charge is 0.293 e. The molecule has 7 heteroatoms. The van der Waals surface area contributed by atoms with E-state index in [0.29, 0.717) is 16.9 Å². The van der Waals surface area contributed by atoms with E-state index in [1.807, 2.05) is 4.90 Å². The van der Waals surface area contributed by atoms with Crippen LogP contribution in [0.1, 0.15) is 28.8 Å². The molecule has 6 nitrogen and oxygen atoms in total. The molecule has 1 aliphatic heterocycles. The van der Waals surface area contributed by atoms with Crippen LogP contribution >= 0.6 is 0 Å². The molecule has 0 atom stereocenters. The number of anilines is 2. The van der Waals surface area contributed by atoms with Crippen molar-refractivity contribution in [2.45, 2.75) is 19.8 Å². The molecule has 130 valence electrons. The molecule has 25 heavy (non-hydrogen) atoms. The van der Waals surface area contributed by atoms with Gasteiger partial charge in [-0.2, -0.15) is 0 Å². The third kappa shape index (κ3) is 3.60. The Kier molecular flexibility index (Phi) is 4.65. The number of benzene rings is 2. The monoisotopic (exact) mass is 343 g/mol. The van der Waals surface area contributed by atoms with Gasteiger partial charge in [0.25, 0.3) is 11.6 Å². The third-order valence-electron chi connectivity index (χ3n) is 4.32. The first-order chi connectivity index (χ1) is 12.0. The number of rotatable bonds is 4. The summed E-state index contributed by atoms with van der Waals surface area (Å²) in [5.74, 6) is -0.855. The second-order valence-electron chi connectivity index (χ2n) is 6.07. The van der Waals surface area contributed by atoms with Gasteiger partial charge in [0.05, 0.1) is 4.92 Å². The highest BCUT2D eigenvalue weighted by molar-refractivity contribution is 6.05. The van der Waals surface area contributed by atoms with Gasteiger partial charge in [-0.15, -0.1) is 0 Å². The lowest BCUT2D eigenvalue weighted by Gasteiger charge is -2.18. The molecule has 0 aliphatic carbocycles. The number of hydrogen-bond donors (Lipinski definition) is 1. The maximum atomic E-state index is 13.1. The molecular weight excluding hydrogens is 325 g/mol. The van der Waals surface area contributed by atoms with Gasteiger partial charge in [0, 0.05) is 30.4 Å². The molecule has 1 amide bonds. The van der Waals surface area contributed by atoms with Crippen LogP contribution in [0.2, 0.25) is 0 Å². The van der Waals surface area contributed by atoms with Crippen LogP contribution in [0, 0.1) is 22.9 Å². The second kappa shape index (κ2) is 6.88. The van der Waals surface area contributed by atoms with Crippen LogP contribution in [0.3, 0.4) is 0 Å². The normalized spacial score (nSPS) is 13.8. The molecule has 0 bridgehead atoms. The van der Waals surface area contributed by atoms with Crippen molar-refractivity contribution < 1.29 is 14.1 Å². The lowest BCUT2D eigenvalue weighted by molar-refractivity contribution is -0.384. The van der Waals surface area contributed by atoms with Gasteiger partial charge < -0.3 is 10.2 Å². The fourth-order valence-electron chi connectivity index (χ4n) is 3.00. The molecule has 1 fully saturated rings. The fourth-order valence-corrected chi connectivity index (χ4v) is 3.00. The minimum Gasteiger partial charge on any atom is -0.366 e. The summed E-state index contributed by atoms with van der Waals surface area (Å²) in [6.07, 6.45) is 2.01. The number of halogens is 1.